The van der Waals surface area contributed by atoms with Crippen LogP contribution in [0.1, 0.15) is 45.4 Å². The van der Waals surface area contributed by atoms with Crippen LogP contribution in [-0.2, 0) is 9.59 Å². The molecule has 1 aromatic rings. The summed E-state index contributed by atoms with van der Waals surface area (Å²) in [6.07, 6.45) is 4.86. The number of allylic oxidation sites excluding steroid dienone is 1. The summed E-state index contributed by atoms with van der Waals surface area (Å²) >= 11 is 7.52. The molecule has 4 atom stereocenters. The van der Waals surface area contributed by atoms with Crippen LogP contribution in [0.15, 0.2) is 35.4 Å². The van der Waals surface area contributed by atoms with Crippen molar-refractivity contribution in [3.05, 3.63) is 40.4 Å². The van der Waals surface area contributed by atoms with E-state index in [9.17, 15) is 22.8 Å². The van der Waals surface area contributed by atoms with E-state index in [-0.39, 0.29) is 23.2 Å². The number of amides is 3. The van der Waals surface area contributed by atoms with Gasteiger partial charge in [-0.3, -0.25) is 9.28 Å². The Labute approximate surface area is 235 Å². The number of benzene rings is 1. The molecule has 0 radical (unpaired) electrons. The van der Waals surface area contributed by atoms with Crippen molar-refractivity contribution in [3.8, 4) is 0 Å². The number of alkyl halides is 3. The summed E-state index contributed by atoms with van der Waals surface area (Å²) in [7, 11) is 0. The number of hydrogen-bond donors (Lipinski definition) is 3. The smallest absolute Gasteiger partial charge is 0.430 e. The molecule has 1 aliphatic carbocycles. The minimum absolute atomic E-state index is 0.0995. The molecule has 0 spiro atoms. The maximum Gasteiger partial charge on any atom is 0.430 e. The Hall–Kier alpha value is -2.44. The number of halogens is 4. The molecule has 2 fully saturated rings. The van der Waals surface area contributed by atoms with Gasteiger partial charge in [0, 0.05) is 33.9 Å². The van der Waals surface area contributed by atoms with E-state index < -0.39 is 18.1 Å². The predicted octanol–water partition coefficient (Wildman–Crippen LogP) is 4.21. The molecule has 4 rings (SSSR count). The topological polar surface area (TPSA) is 124 Å². The number of anilines is 1. The van der Waals surface area contributed by atoms with Crippen LogP contribution >= 0.6 is 23.4 Å². The fraction of sp³-hybridized carbons (Fsp3) is 0.577. The molecule has 13 heteroatoms. The highest BCUT2D eigenvalue weighted by atomic mass is 35.5. The molecule has 2 aliphatic heterocycles. The van der Waals surface area contributed by atoms with Gasteiger partial charge in [-0.15, -0.1) is 0 Å². The van der Waals surface area contributed by atoms with Gasteiger partial charge in [0.2, 0.25) is 5.91 Å². The second-order valence-electron chi connectivity index (χ2n) is 10.2. The molecule has 4 unspecified atom stereocenters. The molecule has 4 N–H and O–H groups in total. The number of aliphatic carboxylic acids is 1. The largest absolute Gasteiger partial charge is 0.542 e. The zero-order valence-corrected chi connectivity index (χ0v) is 23.2. The molecule has 39 heavy (non-hydrogen) atoms. The SMILES string of the molecule is CC[N+]1(CC2CCCCC2)C=C2SC(NC(=O)Nc3ccc(Cl)cc3)C(C(N)=O)C2CC1.O=C([O-])C(F)(F)F. The number of rotatable bonds is 6. The molecule has 2 heterocycles. The lowest BCUT2D eigenvalue weighted by Crippen LogP contribution is -2.51. The summed E-state index contributed by atoms with van der Waals surface area (Å²) in [5.41, 5.74) is 6.47. The summed E-state index contributed by atoms with van der Waals surface area (Å²) in [4.78, 5) is 35.0. The molecule has 3 amide bonds. The quantitative estimate of drug-likeness (QED) is 0.428. The normalized spacial score (nSPS) is 26.9. The number of carbonyl (C=O) groups is 3. The van der Waals surface area contributed by atoms with Gasteiger partial charge in [0.25, 0.3) is 0 Å². The van der Waals surface area contributed by atoms with Gasteiger partial charge in [0.05, 0.1) is 30.9 Å². The lowest BCUT2D eigenvalue weighted by Gasteiger charge is -2.42. The fourth-order valence-corrected chi connectivity index (χ4v) is 7.36. The summed E-state index contributed by atoms with van der Waals surface area (Å²) in [6, 6.07) is 6.60. The Balaban J connectivity index is 0.000000532. The van der Waals surface area contributed by atoms with Crippen molar-refractivity contribution in [3.63, 3.8) is 0 Å². The van der Waals surface area contributed by atoms with Crippen LogP contribution in [-0.4, -0.2) is 53.6 Å². The second-order valence-corrected chi connectivity index (χ2v) is 11.9. The summed E-state index contributed by atoms with van der Waals surface area (Å²) in [5.74, 6) is -2.85. The maximum absolute atomic E-state index is 12.6. The Bertz CT molecular complexity index is 1070. The van der Waals surface area contributed by atoms with E-state index in [0.29, 0.717) is 10.7 Å². The van der Waals surface area contributed by atoms with Crippen molar-refractivity contribution >= 4 is 47.0 Å². The van der Waals surface area contributed by atoms with E-state index in [2.05, 4.69) is 23.8 Å². The van der Waals surface area contributed by atoms with Crippen molar-refractivity contribution in [1.82, 2.24) is 5.32 Å². The average molecular weight is 591 g/mol. The predicted molar refractivity (Wildman–Crippen MR) is 142 cm³/mol. The number of nitrogens with one attached hydrogen (secondary N) is 2. The first-order valence-electron chi connectivity index (χ1n) is 13.0. The molecular weight excluding hydrogens is 557 g/mol. The number of thioether (sulfide) groups is 1. The van der Waals surface area contributed by atoms with E-state index in [1.54, 1.807) is 36.0 Å². The molecule has 8 nitrogen and oxygen atoms in total. The lowest BCUT2D eigenvalue weighted by atomic mass is 9.84. The number of quaternary nitrogens is 1. The molecular formula is C26H34ClF3N4O4S. The molecule has 1 saturated heterocycles. The van der Waals surface area contributed by atoms with Gasteiger partial charge in [-0.05, 0) is 44.0 Å². The standard InChI is InChI=1S/C24H33ClN4O2S.C2HF3O2/c1-2-29(14-16-6-4-3-5-7-16)13-12-19-20(15-29)32-23(21(19)22(26)30)28-24(31)27-18-10-8-17(25)9-11-18;3-2(4,5)1(6)7/h8-11,15-16,19,21,23H,2-7,12-14H2,1H3,(H3-,26,27,28,30,31);(H,6,7). The molecule has 1 aromatic carbocycles. The highest BCUT2D eigenvalue weighted by Gasteiger charge is 2.49. The summed E-state index contributed by atoms with van der Waals surface area (Å²) < 4.78 is 32.5. The van der Waals surface area contributed by atoms with Gasteiger partial charge in [-0.1, -0.05) is 42.6 Å². The summed E-state index contributed by atoms with van der Waals surface area (Å²) in [5, 5.41) is 14.8. The van der Waals surface area contributed by atoms with E-state index in [0.717, 1.165) is 29.9 Å². The van der Waals surface area contributed by atoms with Crippen LogP contribution in [0.4, 0.5) is 23.7 Å². The van der Waals surface area contributed by atoms with Crippen molar-refractivity contribution in [2.24, 2.45) is 23.5 Å². The first kappa shape index (κ1) is 31.1. The number of carboxylic acid groups (broad SMARTS) is 1. The van der Waals surface area contributed by atoms with Crippen molar-refractivity contribution < 1.29 is 37.1 Å². The highest BCUT2D eigenvalue weighted by Crippen LogP contribution is 2.50. The molecule has 216 valence electrons. The van der Waals surface area contributed by atoms with Crippen LogP contribution in [0.3, 0.4) is 0 Å². The van der Waals surface area contributed by atoms with Crippen molar-refractivity contribution in [1.29, 1.82) is 0 Å². The van der Waals surface area contributed by atoms with E-state index in [1.807, 2.05) is 0 Å². The maximum atomic E-state index is 12.6. The number of carbonyl (C=O) groups excluding carboxylic acids is 3. The van der Waals surface area contributed by atoms with E-state index in [4.69, 9.17) is 27.2 Å². The van der Waals surface area contributed by atoms with Gasteiger partial charge in [0.1, 0.15) is 12.2 Å². The first-order valence-corrected chi connectivity index (χ1v) is 14.2. The third-order valence-electron chi connectivity index (χ3n) is 7.59. The van der Waals surface area contributed by atoms with Crippen LogP contribution < -0.4 is 21.5 Å². The van der Waals surface area contributed by atoms with Gasteiger partial charge in [0.15, 0.2) is 0 Å². The number of nitrogens with zero attached hydrogens (tertiary/aromatic N) is 1. The monoisotopic (exact) mass is 590 g/mol. The van der Waals surface area contributed by atoms with Crippen LogP contribution in [0.5, 0.6) is 0 Å². The summed E-state index contributed by atoms with van der Waals surface area (Å²) in [6.45, 7) is 5.54. The zero-order chi connectivity index (χ0) is 28.8. The van der Waals surface area contributed by atoms with E-state index in [1.165, 1.54) is 43.6 Å². The van der Waals surface area contributed by atoms with E-state index >= 15 is 0 Å². The minimum atomic E-state index is -5.19. The van der Waals surface area contributed by atoms with Gasteiger partial charge in [-0.25, -0.2) is 4.79 Å². The fourth-order valence-electron chi connectivity index (χ4n) is 5.58. The Morgan fingerprint density at radius 3 is 2.28 bits per heavy atom. The first-order chi connectivity index (χ1) is 18.3. The Morgan fingerprint density at radius 2 is 1.74 bits per heavy atom. The van der Waals surface area contributed by atoms with Gasteiger partial charge >= 0.3 is 12.2 Å². The molecule has 0 bridgehead atoms. The molecule has 3 aliphatic rings. The Kier molecular flexibility index (Phi) is 10.6. The molecule has 1 saturated carbocycles. The van der Waals surface area contributed by atoms with Crippen molar-refractivity contribution in [2.75, 3.05) is 25.0 Å². The van der Waals surface area contributed by atoms with Gasteiger partial charge in [-0.2, -0.15) is 13.2 Å². The zero-order valence-electron chi connectivity index (χ0n) is 21.6. The second kappa shape index (κ2) is 13.3. The third-order valence-corrected chi connectivity index (χ3v) is 9.18. The van der Waals surface area contributed by atoms with Crippen molar-refractivity contribution in [2.45, 2.75) is 57.0 Å². The van der Waals surface area contributed by atoms with Crippen LogP contribution in [0, 0.1) is 17.8 Å². The Morgan fingerprint density at radius 1 is 1.13 bits per heavy atom. The number of urea groups is 1. The van der Waals surface area contributed by atoms with Crippen LogP contribution in [0.25, 0.3) is 0 Å². The third kappa shape index (κ3) is 8.52. The lowest BCUT2D eigenvalue weighted by molar-refractivity contribution is -0.884. The number of hydrogen-bond acceptors (Lipinski definition) is 5. The van der Waals surface area contributed by atoms with Crippen LogP contribution in [0.2, 0.25) is 5.02 Å². The number of fused-ring (bicyclic) bond motifs is 1. The molecule has 0 aromatic heterocycles. The highest BCUT2D eigenvalue weighted by molar-refractivity contribution is 8.04. The minimum Gasteiger partial charge on any atom is -0.542 e. The number of primary amides is 1. The number of carboxylic acids is 1. The van der Waals surface area contributed by atoms with Gasteiger partial charge < -0.3 is 26.3 Å². The average Bonchev–Trinajstić information content (AvgIpc) is 3.22. The number of nitrogens with two attached hydrogens (primary N) is 1.